The van der Waals surface area contributed by atoms with Gasteiger partial charge in [0.05, 0.1) is 6.61 Å². The quantitative estimate of drug-likeness (QED) is 0.578. The average molecular weight is 262 g/mol. The molecule has 1 atom stereocenters. The van der Waals surface area contributed by atoms with Gasteiger partial charge in [0, 0.05) is 31.6 Å². The molecule has 1 aliphatic carbocycles. The van der Waals surface area contributed by atoms with Gasteiger partial charge in [0.1, 0.15) is 11.5 Å². The summed E-state index contributed by atoms with van der Waals surface area (Å²) in [5, 5.41) is 7.49. The molecule has 1 saturated carbocycles. The fourth-order valence-electron chi connectivity index (χ4n) is 2.34. The number of amidine groups is 1. The summed E-state index contributed by atoms with van der Waals surface area (Å²) in [5.74, 6) is 0.776. The number of hydrogen-bond donors (Lipinski definition) is 2. The topological polar surface area (TPSA) is 75.2 Å². The summed E-state index contributed by atoms with van der Waals surface area (Å²) in [7, 11) is 1.72. The van der Waals surface area contributed by atoms with Crippen molar-refractivity contribution in [2.75, 3.05) is 25.2 Å². The number of anilines is 1. The van der Waals surface area contributed by atoms with Gasteiger partial charge >= 0.3 is 0 Å². The highest BCUT2D eigenvalue weighted by Gasteiger charge is 2.32. The number of ether oxygens (including phenoxy) is 1. The van der Waals surface area contributed by atoms with Crippen LogP contribution >= 0.6 is 0 Å². The summed E-state index contributed by atoms with van der Waals surface area (Å²) in [4.78, 5) is 6.44. The maximum Gasteiger partial charge on any atom is 0.141 e. The maximum absolute atomic E-state index is 7.49. The smallest absolute Gasteiger partial charge is 0.141 e. The van der Waals surface area contributed by atoms with Gasteiger partial charge in [-0.25, -0.2) is 0 Å². The molecule has 1 aliphatic rings. The zero-order chi connectivity index (χ0) is 13.8. The number of nitrogen functional groups attached to an aromatic ring is 1. The second-order valence-corrected chi connectivity index (χ2v) is 5.08. The van der Waals surface area contributed by atoms with Crippen LogP contribution in [0.5, 0.6) is 0 Å². The normalized spacial score (nSPS) is 16.1. The Balaban J connectivity index is 2.20. The third kappa shape index (κ3) is 3.44. The lowest BCUT2D eigenvalue weighted by atomic mass is 10.1. The molecule has 0 radical (unpaired) electrons. The van der Waals surface area contributed by atoms with E-state index in [0.717, 1.165) is 18.2 Å². The summed E-state index contributed by atoms with van der Waals surface area (Å²) >= 11 is 0. The summed E-state index contributed by atoms with van der Waals surface area (Å²) < 4.78 is 5.20. The molecule has 0 bridgehead atoms. The van der Waals surface area contributed by atoms with Crippen molar-refractivity contribution in [2.24, 2.45) is 11.7 Å². The first-order valence-electron chi connectivity index (χ1n) is 6.69. The van der Waals surface area contributed by atoms with Gasteiger partial charge in [-0.15, -0.1) is 0 Å². The molecule has 0 aromatic carbocycles. The molecule has 3 N–H and O–H groups in total. The van der Waals surface area contributed by atoms with Crippen LogP contribution in [-0.4, -0.2) is 37.1 Å². The van der Waals surface area contributed by atoms with Crippen LogP contribution in [0.1, 0.15) is 25.5 Å². The van der Waals surface area contributed by atoms with E-state index in [1.807, 2.05) is 12.1 Å². The highest BCUT2D eigenvalue weighted by atomic mass is 16.5. The number of nitrogens with two attached hydrogens (primary N) is 1. The van der Waals surface area contributed by atoms with E-state index in [1.165, 1.54) is 12.8 Å². The van der Waals surface area contributed by atoms with Crippen LogP contribution in [0.3, 0.4) is 0 Å². The molecule has 0 aliphatic heterocycles. The van der Waals surface area contributed by atoms with Gasteiger partial charge in [0.25, 0.3) is 0 Å². The van der Waals surface area contributed by atoms with E-state index < -0.39 is 0 Å². The lowest BCUT2D eigenvalue weighted by molar-refractivity contribution is 0.202. The van der Waals surface area contributed by atoms with Crippen molar-refractivity contribution < 1.29 is 4.74 Å². The van der Waals surface area contributed by atoms with E-state index in [0.29, 0.717) is 18.3 Å². The fourth-order valence-corrected chi connectivity index (χ4v) is 2.34. The van der Waals surface area contributed by atoms with E-state index in [1.54, 1.807) is 13.3 Å². The van der Waals surface area contributed by atoms with Gasteiger partial charge in [0.2, 0.25) is 0 Å². The predicted molar refractivity (Wildman–Crippen MR) is 76.7 cm³/mol. The monoisotopic (exact) mass is 262 g/mol. The van der Waals surface area contributed by atoms with Crippen LogP contribution in [0, 0.1) is 11.3 Å². The molecular formula is C14H22N4O. The van der Waals surface area contributed by atoms with Gasteiger partial charge in [-0.3, -0.25) is 10.4 Å². The van der Waals surface area contributed by atoms with Crippen LogP contribution in [-0.2, 0) is 4.74 Å². The first-order valence-corrected chi connectivity index (χ1v) is 6.69. The molecule has 2 rings (SSSR count). The van der Waals surface area contributed by atoms with Crippen molar-refractivity contribution in [2.45, 2.75) is 25.8 Å². The predicted octanol–water partition coefficient (Wildman–Crippen LogP) is 1.62. The molecule has 0 amide bonds. The van der Waals surface area contributed by atoms with Crippen LogP contribution in [0.15, 0.2) is 18.3 Å². The van der Waals surface area contributed by atoms with Crippen LogP contribution < -0.4 is 10.6 Å². The molecule has 0 saturated heterocycles. The number of nitrogens with zero attached hydrogens (tertiary/aromatic N) is 2. The largest absolute Gasteiger partial charge is 0.383 e. The number of pyridine rings is 1. The number of rotatable bonds is 7. The fraction of sp³-hybridized carbons (Fsp3) is 0.571. The highest BCUT2D eigenvalue weighted by Crippen LogP contribution is 2.36. The molecule has 1 aromatic heterocycles. The molecule has 5 nitrogen and oxygen atoms in total. The lowest BCUT2D eigenvalue weighted by Gasteiger charge is -2.31. The van der Waals surface area contributed by atoms with Gasteiger partial charge in [-0.2, -0.15) is 0 Å². The van der Waals surface area contributed by atoms with Crippen LogP contribution in [0.2, 0.25) is 0 Å². The maximum atomic E-state index is 7.49. The molecule has 1 heterocycles. The summed E-state index contributed by atoms with van der Waals surface area (Å²) in [6, 6.07) is 4.34. The third-order valence-corrected chi connectivity index (χ3v) is 3.68. The Labute approximate surface area is 114 Å². The molecule has 1 aromatic rings. The first-order chi connectivity index (χ1) is 9.13. The Kier molecular flexibility index (Phi) is 4.37. The molecule has 0 spiro atoms. The minimum absolute atomic E-state index is 0.00705. The number of nitrogens with one attached hydrogen (secondary N) is 1. The van der Waals surface area contributed by atoms with Gasteiger partial charge < -0.3 is 15.4 Å². The summed E-state index contributed by atoms with van der Waals surface area (Å²) in [5.41, 5.74) is 7.11. The Bertz CT molecular complexity index is 445. The standard InChI is InChI=1S/C14H22N4O/c1-10(11-3-4-11)18(7-8-19-2)12-5-6-17-13(9-12)14(15)16/h5-6,9-11H,3-4,7-8H2,1-2H3,(H3,15,16). The van der Waals surface area contributed by atoms with Crippen molar-refractivity contribution in [1.82, 2.24) is 4.98 Å². The molecule has 1 fully saturated rings. The Morgan fingerprint density at radius 1 is 1.63 bits per heavy atom. The molecule has 1 unspecified atom stereocenters. The van der Waals surface area contributed by atoms with Crippen molar-refractivity contribution >= 4 is 11.5 Å². The molecule has 19 heavy (non-hydrogen) atoms. The minimum Gasteiger partial charge on any atom is -0.383 e. The van der Waals surface area contributed by atoms with Gasteiger partial charge in [-0.1, -0.05) is 0 Å². The number of methoxy groups -OCH3 is 1. The number of hydrogen-bond acceptors (Lipinski definition) is 4. The SMILES string of the molecule is COCCN(c1ccnc(C(=N)N)c1)C(C)C1CC1. The second kappa shape index (κ2) is 6.02. The van der Waals surface area contributed by atoms with E-state index >= 15 is 0 Å². The van der Waals surface area contributed by atoms with Crippen molar-refractivity contribution in [3.63, 3.8) is 0 Å². The zero-order valence-corrected chi connectivity index (χ0v) is 11.6. The van der Waals surface area contributed by atoms with E-state index in [2.05, 4.69) is 16.8 Å². The number of aromatic nitrogens is 1. The van der Waals surface area contributed by atoms with Gasteiger partial charge in [-0.05, 0) is 37.8 Å². The lowest BCUT2D eigenvalue weighted by Crippen LogP contribution is -2.37. The Morgan fingerprint density at radius 3 is 2.95 bits per heavy atom. The van der Waals surface area contributed by atoms with E-state index in [4.69, 9.17) is 15.9 Å². The zero-order valence-electron chi connectivity index (χ0n) is 11.6. The molecule has 104 valence electrons. The van der Waals surface area contributed by atoms with Crippen molar-refractivity contribution in [3.8, 4) is 0 Å². The van der Waals surface area contributed by atoms with E-state index in [-0.39, 0.29) is 5.84 Å². The summed E-state index contributed by atoms with van der Waals surface area (Å²) in [6.07, 6.45) is 4.32. The Hall–Kier alpha value is -1.62. The van der Waals surface area contributed by atoms with Crippen LogP contribution in [0.4, 0.5) is 5.69 Å². The van der Waals surface area contributed by atoms with Crippen LogP contribution in [0.25, 0.3) is 0 Å². The van der Waals surface area contributed by atoms with E-state index in [9.17, 15) is 0 Å². The van der Waals surface area contributed by atoms with Gasteiger partial charge in [0.15, 0.2) is 0 Å². The Morgan fingerprint density at radius 2 is 2.37 bits per heavy atom. The highest BCUT2D eigenvalue weighted by molar-refractivity contribution is 5.93. The molecular weight excluding hydrogens is 240 g/mol. The second-order valence-electron chi connectivity index (χ2n) is 5.08. The first kappa shape index (κ1) is 13.8. The van der Waals surface area contributed by atoms with Crippen molar-refractivity contribution in [3.05, 3.63) is 24.0 Å². The third-order valence-electron chi connectivity index (χ3n) is 3.68. The average Bonchev–Trinajstić information content (AvgIpc) is 3.23. The summed E-state index contributed by atoms with van der Waals surface area (Å²) in [6.45, 7) is 3.78. The molecule has 5 heteroatoms. The van der Waals surface area contributed by atoms with Crippen molar-refractivity contribution in [1.29, 1.82) is 5.41 Å². The minimum atomic E-state index is 0.00705.